The van der Waals surface area contributed by atoms with Gasteiger partial charge in [-0.25, -0.2) is 8.42 Å². The van der Waals surface area contributed by atoms with Crippen molar-refractivity contribution in [1.82, 2.24) is 9.62 Å². The SMILES string of the molecule is COc1ccc(NC(=O)C2CNCCO2)cc1S(=O)(=O)N1CCOCC1. The minimum Gasteiger partial charge on any atom is -0.495 e. The van der Waals surface area contributed by atoms with Crippen LogP contribution in [0.1, 0.15) is 0 Å². The third kappa shape index (κ3) is 4.15. The van der Waals surface area contributed by atoms with E-state index in [4.69, 9.17) is 14.2 Å². The molecule has 3 rings (SSSR count). The molecule has 2 N–H and O–H groups in total. The van der Waals surface area contributed by atoms with Crippen LogP contribution in [0.4, 0.5) is 5.69 Å². The molecule has 0 saturated carbocycles. The second-order valence-electron chi connectivity index (χ2n) is 5.93. The van der Waals surface area contributed by atoms with E-state index >= 15 is 0 Å². The van der Waals surface area contributed by atoms with E-state index in [0.29, 0.717) is 38.6 Å². The molecule has 1 aromatic carbocycles. The number of hydrogen-bond acceptors (Lipinski definition) is 7. The number of nitrogens with zero attached hydrogens (tertiary/aromatic N) is 1. The van der Waals surface area contributed by atoms with Gasteiger partial charge in [-0.15, -0.1) is 0 Å². The molecular weight excluding hydrogens is 362 g/mol. The summed E-state index contributed by atoms with van der Waals surface area (Å²) < 4.78 is 43.1. The van der Waals surface area contributed by atoms with Crippen LogP contribution in [0.3, 0.4) is 0 Å². The fraction of sp³-hybridized carbons (Fsp3) is 0.562. The number of sulfonamides is 1. The maximum atomic E-state index is 12.9. The predicted octanol–water partition coefficient (Wildman–Crippen LogP) is -0.357. The molecule has 2 saturated heterocycles. The topological polar surface area (TPSA) is 106 Å². The number of methoxy groups -OCH3 is 1. The van der Waals surface area contributed by atoms with Gasteiger partial charge in [0.15, 0.2) is 0 Å². The van der Waals surface area contributed by atoms with Gasteiger partial charge in [0.1, 0.15) is 16.7 Å². The largest absolute Gasteiger partial charge is 0.495 e. The first-order valence-electron chi connectivity index (χ1n) is 8.41. The first-order valence-corrected chi connectivity index (χ1v) is 9.85. The lowest BCUT2D eigenvalue weighted by Crippen LogP contribution is -2.45. The Kier molecular flexibility index (Phi) is 6.09. The third-order valence-corrected chi connectivity index (χ3v) is 6.16. The molecule has 26 heavy (non-hydrogen) atoms. The molecule has 1 atom stereocenters. The van der Waals surface area contributed by atoms with Crippen molar-refractivity contribution in [1.29, 1.82) is 0 Å². The second kappa shape index (κ2) is 8.31. The number of hydrogen-bond donors (Lipinski definition) is 2. The van der Waals surface area contributed by atoms with Crippen LogP contribution in [0.5, 0.6) is 5.75 Å². The van der Waals surface area contributed by atoms with E-state index in [0.717, 1.165) is 0 Å². The van der Waals surface area contributed by atoms with Crippen LogP contribution in [0, 0.1) is 0 Å². The molecule has 1 aromatic rings. The molecule has 10 heteroatoms. The van der Waals surface area contributed by atoms with E-state index < -0.39 is 16.1 Å². The van der Waals surface area contributed by atoms with Crippen molar-refractivity contribution in [2.45, 2.75) is 11.0 Å². The van der Waals surface area contributed by atoms with Crippen LogP contribution in [0.25, 0.3) is 0 Å². The smallest absolute Gasteiger partial charge is 0.254 e. The summed E-state index contributed by atoms with van der Waals surface area (Å²) >= 11 is 0. The Hall–Kier alpha value is -1.72. The van der Waals surface area contributed by atoms with Crippen molar-refractivity contribution in [3.63, 3.8) is 0 Å². The van der Waals surface area contributed by atoms with Crippen LogP contribution in [-0.2, 0) is 24.3 Å². The molecule has 2 fully saturated rings. The van der Waals surface area contributed by atoms with E-state index in [-0.39, 0.29) is 29.6 Å². The van der Waals surface area contributed by atoms with Gasteiger partial charge in [-0.1, -0.05) is 0 Å². The van der Waals surface area contributed by atoms with E-state index in [1.54, 1.807) is 6.07 Å². The Morgan fingerprint density at radius 1 is 1.31 bits per heavy atom. The van der Waals surface area contributed by atoms with Crippen LogP contribution in [0.2, 0.25) is 0 Å². The lowest BCUT2D eigenvalue weighted by molar-refractivity contribution is -0.128. The van der Waals surface area contributed by atoms with Gasteiger partial charge in [0, 0.05) is 31.9 Å². The van der Waals surface area contributed by atoms with E-state index in [1.807, 2.05) is 0 Å². The van der Waals surface area contributed by atoms with Gasteiger partial charge < -0.3 is 24.8 Å². The summed E-state index contributed by atoms with van der Waals surface area (Å²) in [4.78, 5) is 12.3. The molecular formula is C16H23N3O6S. The third-order valence-electron chi connectivity index (χ3n) is 4.24. The van der Waals surface area contributed by atoms with Crippen LogP contribution in [-0.4, -0.2) is 77.8 Å². The number of carbonyl (C=O) groups excluding carboxylic acids is 1. The number of anilines is 1. The highest BCUT2D eigenvalue weighted by molar-refractivity contribution is 7.89. The van der Waals surface area contributed by atoms with Crippen molar-refractivity contribution >= 4 is 21.6 Å². The number of ether oxygens (including phenoxy) is 3. The van der Waals surface area contributed by atoms with Gasteiger partial charge in [-0.05, 0) is 18.2 Å². The summed E-state index contributed by atoms with van der Waals surface area (Å²) in [7, 11) is -2.34. The van der Waals surface area contributed by atoms with Crippen LogP contribution in [0.15, 0.2) is 23.1 Å². The van der Waals surface area contributed by atoms with Crippen molar-refractivity contribution in [2.24, 2.45) is 0 Å². The highest BCUT2D eigenvalue weighted by Gasteiger charge is 2.30. The van der Waals surface area contributed by atoms with Gasteiger partial charge in [0.25, 0.3) is 5.91 Å². The van der Waals surface area contributed by atoms with Crippen molar-refractivity contribution in [3.05, 3.63) is 18.2 Å². The summed E-state index contributed by atoms with van der Waals surface area (Å²) in [6.45, 7) is 2.84. The van der Waals surface area contributed by atoms with Gasteiger partial charge in [-0.3, -0.25) is 4.79 Å². The van der Waals surface area contributed by atoms with E-state index in [1.165, 1.54) is 23.5 Å². The Morgan fingerprint density at radius 3 is 2.73 bits per heavy atom. The summed E-state index contributed by atoms with van der Waals surface area (Å²) in [5, 5.41) is 5.79. The monoisotopic (exact) mass is 385 g/mol. The molecule has 0 aromatic heterocycles. The average molecular weight is 385 g/mol. The normalized spacial score (nSPS) is 22.0. The highest BCUT2D eigenvalue weighted by atomic mass is 32.2. The molecule has 0 aliphatic carbocycles. The van der Waals surface area contributed by atoms with Crippen LogP contribution >= 0.6 is 0 Å². The molecule has 9 nitrogen and oxygen atoms in total. The second-order valence-corrected chi connectivity index (χ2v) is 7.84. The summed E-state index contributed by atoms with van der Waals surface area (Å²) in [6.07, 6.45) is -0.606. The first kappa shape index (κ1) is 19.1. The van der Waals surface area contributed by atoms with Crippen molar-refractivity contribution < 1.29 is 27.4 Å². The fourth-order valence-corrected chi connectivity index (χ4v) is 4.43. The lowest BCUT2D eigenvalue weighted by Gasteiger charge is -2.27. The highest BCUT2D eigenvalue weighted by Crippen LogP contribution is 2.30. The first-order chi connectivity index (χ1) is 12.5. The quantitative estimate of drug-likeness (QED) is 0.713. The molecule has 0 radical (unpaired) electrons. The summed E-state index contributed by atoms with van der Waals surface area (Å²) in [5.74, 6) is -0.0952. The molecule has 0 bridgehead atoms. The maximum absolute atomic E-state index is 12.9. The maximum Gasteiger partial charge on any atom is 0.254 e. The number of benzene rings is 1. The minimum atomic E-state index is -3.75. The Balaban J connectivity index is 1.83. The summed E-state index contributed by atoms with van der Waals surface area (Å²) in [6, 6.07) is 4.55. The minimum absolute atomic E-state index is 0.0161. The predicted molar refractivity (Wildman–Crippen MR) is 93.8 cm³/mol. The fourth-order valence-electron chi connectivity index (χ4n) is 2.84. The summed E-state index contributed by atoms with van der Waals surface area (Å²) in [5.41, 5.74) is 0.372. The number of morpholine rings is 2. The van der Waals surface area contributed by atoms with Gasteiger partial charge in [-0.2, -0.15) is 4.31 Å². The van der Waals surface area contributed by atoms with Gasteiger partial charge >= 0.3 is 0 Å². The van der Waals surface area contributed by atoms with Crippen LogP contribution < -0.4 is 15.4 Å². The number of amides is 1. The zero-order valence-corrected chi connectivity index (χ0v) is 15.4. The molecule has 0 spiro atoms. The molecule has 2 aliphatic rings. The number of rotatable bonds is 5. The van der Waals surface area contributed by atoms with Crippen molar-refractivity contribution in [3.8, 4) is 5.75 Å². The molecule has 2 heterocycles. The number of nitrogens with one attached hydrogen (secondary N) is 2. The zero-order chi connectivity index (χ0) is 18.6. The van der Waals surface area contributed by atoms with E-state index in [9.17, 15) is 13.2 Å². The van der Waals surface area contributed by atoms with Gasteiger partial charge in [0.05, 0.1) is 26.9 Å². The van der Waals surface area contributed by atoms with E-state index in [2.05, 4.69) is 10.6 Å². The Labute approximate surface area is 152 Å². The molecule has 2 aliphatic heterocycles. The zero-order valence-electron chi connectivity index (χ0n) is 14.6. The standard InChI is InChI=1S/C16H23N3O6S/c1-23-13-3-2-12(18-16(20)14-11-17-4-7-25-14)10-15(13)26(21,22)19-5-8-24-9-6-19/h2-3,10,14,17H,4-9,11H2,1H3,(H,18,20). The molecule has 1 amide bonds. The van der Waals surface area contributed by atoms with Gasteiger partial charge in [0.2, 0.25) is 10.0 Å². The number of carbonyl (C=O) groups is 1. The lowest BCUT2D eigenvalue weighted by atomic mass is 10.2. The Morgan fingerprint density at radius 2 is 2.08 bits per heavy atom. The average Bonchev–Trinajstić information content (AvgIpc) is 2.69. The molecule has 1 unspecified atom stereocenters. The Bertz CT molecular complexity index is 742. The molecule has 144 valence electrons. The van der Waals surface area contributed by atoms with Crippen molar-refractivity contribution in [2.75, 3.05) is 58.4 Å².